The Hall–Kier alpha value is -2.82. The van der Waals surface area contributed by atoms with Gasteiger partial charge < -0.3 is 14.9 Å². The van der Waals surface area contributed by atoms with Crippen LogP contribution < -0.4 is 0 Å². The molecule has 3 rings (SSSR count). The first-order valence-corrected chi connectivity index (χ1v) is 5.95. The van der Waals surface area contributed by atoms with Crippen LogP contribution in [0.25, 0.3) is 5.76 Å². The molecular formula is C15H10O5. The minimum absolute atomic E-state index is 0.0172. The molecule has 1 aliphatic heterocycles. The van der Waals surface area contributed by atoms with E-state index in [0.717, 1.165) is 6.08 Å². The minimum atomic E-state index is -0.402. The second kappa shape index (κ2) is 4.38. The Labute approximate surface area is 114 Å². The molecule has 20 heavy (non-hydrogen) atoms. The fourth-order valence-electron chi connectivity index (χ4n) is 2.31. The molecule has 1 aromatic rings. The normalized spacial score (nSPS) is 20.0. The zero-order chi connectivity index (χ0) is 14.3. The van der Waals surface area contributed by atoms with Crippen molar-refractivity contribution in [3.63, 3.8) is 0 Å². The third-order valence-corrected chi connectivity index (χ3v) is 3.21. The molecule has 0 bridgehead atoms. The predicted molar refractivity (Wildman–Crippen MR) is 69.8 cm³/mol. The monoisotopic (exact) mass is 270 g/mol. The van der Waals surface area contributed by atoms with Crippen molar-refractivity contribution in [2.75, 3.05) is 0 Å². The first-order valence-electron chi connectivity index (χ1n) is 5.95. The number of hydrogen-bond donors (Lipinski definition) is 2. The fourth-order valence-corrected chi connectivity index (χ4v) is 2.31. The fraction of sp³-hybridized carbons (Fsp3) is 0.0667. The Morgan fingerprint density at radius 1 is 1.20 bits per heavy atom. The first kappa shape index (κ1) is 12.2. The Bertz CT molecular complexity index is 722. The summed E-state index contributed by atoms with van der Waals surface area (Å²) in [5, 5.41) is 18.3. The predicted octanol–water partition coefficient (Wildman–Crippen LogP) is 2.42. The summed E-state index contributed by atoms with van der Waals surface area (Å²) in [6, 6.07) is 6.76. The number of aliphatic hydroxyl groups is 2. The third-order valence-electron chi connectivity index (χ3n) is 3.21. The zero-order valence-electron chi connectivity index (χ0n) is 10.3. The van der Waals surface area contributed by atoms with Crippen LogP contribution in [0.15, 0.2) is 53.7 Å². The number of Topliss-reactive ketones (excluding diaryl/α,β-unsaturated/α-hetero) is 2. The van der Waals surface area contributed by atoms with E-state index in [0.29, 0.717) is 17.4 Å². The van der Waals surface area contributed by atoms with Crippen molar-refractivity contribution in [3.8, 4) is 0 Å². The summed E-state index contributed by atoms with van der Waals surface area (Å²) in [5.41, 5.74) is 0.985. The summed E-state index contributed by atoms with van der Waals surface area (Å²) in [7, 11) is 0. The zero-order valence-corrected chi connectivity index (χ0v) is 10.3. The van der Waals surface area contributed by atoms with E-state index in [4.69, 9.17) is 9.84 Å². The number of ether oxygens (including phenoxy) is 1. The maximum absolute atomic E-state index is 12.2. The van der Waals surface area contributed by atoms with Crippen LogP contribution in [0.2, 0.25) is 0 Å². The maximum Gasteiger partial charge on any atom is 0.201 e. The van der Waals surface area contributed by atoms with Gasteiger partial charge in [0, 0.05) is 17.2 Å². The van der Waals surface area contributed by atoms with Crippen LogP contribution in [0.3, 0.4) is 0 Å². The third kappa shape index (κ3) is 1.64. The molecule has 0 unspecified atom stereocenters. The van der Waals surface area contributed by atoms with E-state index in [1.165, 1.54) is 0 Å². The summed E-state index contributed by atoms with van der Waals surface area (Å²) in [5.74, 6) is -0.903. The molecule has 2 N–H and O–H groups in total. The summed E-state index contributed by atoms with van der Waals surface area (Å²) in [6.07, 6.45) is 1.44. The summed E-state index contributed by atoms with van der Waals surface area (Å²) in [4.78, 5) is 24.2. The number of fused-ring (bicyclic) bond motifs is 2. The smallest absolute Gasteiger partial charge is 0.201 e. The van der Waals surface area contributed by atoms with Crippen LogP contribution in [-0.2, 0) is 9.53 Å². The van der Waals surface area contributed by atoms with E-state index in [2.05, 4.69) is 0 Å². The van der Waals surface area contributed by atoms with Crippen LogP contribution in [0, 0.1) is 0 Å². The number of benzene rings is 1. The molecular weight excluding hydrogens is 260 g/mol. The molecule has 1 heterocycles. The van der Waals surface area contributed by atoms with Gasteiger partial charge in [-0.25, -0.2) is 0 Å². The van der Waals surface area contributed by atoms with E-state index in [1.807, 2.05) is 0 Å². The number of carbonyl (C=O) groups excluding carboxylic acids is 2. The number of allylic oxidation sites excluding steroid dienone is 3. The molecule has 0 spiro atoms. The van der Waals surface area contributed by atoms with Gasteiger partial charge in [0.25, 0.3) is 0 Å². The molecule has 0 aromatic heterocycles. The van der Waals surface area contributed by atoms with Gasteiger partial charge in [0.15, 0.2) is 17.3 Å². The van der Waals surface area contributed by atoms with Crippen LogP contribution in [-0.4, -0.2) is 21.8 Å². The molecule has 0 saturated carbocycles. The second-order valence-corrected chi connectivity index (χ2v) is 4.41. The number of carbonyl (C=O) groups is 2. The van der Waals surface area contributed by atoms with E-state index >= 15 is 0 Å². The highest BCUT2D eigenvalue weighted by Gasteiger charge is 2.39. The molecule has 100 valence electrons. The van der Waals surface area contributed by atoms with Gasteiger partial charge in [-0.2, -0.15) is 0 Å². The lowest BCUT2D eigenvalue weighted by Gasteiger charge is -2.17. The summed E-state index contributed by atoms with van der Waals surface area (Å²) < 4.78 is 5.50. The van der Waals surface area contributed by atoms with Gasteiger partial charge in [0.2, 0.25) is 5.78 Å². The second-order valence-electron chi connectivity index (χ2n) is 4.41. The van der Waals surface area contributed by atoms with Crippen LogP contribution in [0.1, 0.15) is 22.3 Å². The number of rotatable bonds is 1. The summed E-state index contributed by atoms with van der Waals surface area (Å²) in [6.45, 7) is 0. The molecule has 5 heteroatoms. The Balaban J connectivity index is 2.14. The molecule has 1 aromatic carbocycles. The number of hydrogen-bond acceptors (Lipinski definition) is 5. The molecule has 0 amide bonds. The van der Waals surface area contributed by atoms with Crippen molar-refractivity contribution < 1.29 is 24.5 Å². The van der Waals surface area contributed by atoms with E-state index in [9.17, 15) is 14.7 Å². The van der Waals surface area contributed by atoms with Crippen molar-refractivity contribution in [1.82, 2.24) is 0 Å². The van der Waals surface area contributed by atoms with Gasteiger partial charge in [0.1, 0.15) is 11.3 Å². The topological polar surface area (TPSA) is 83.8 Å². The van der Waals surface area contributed by atoms with Gasteiger partial charge in [-0.15, -0.1) is 0 Å². The lowest BCUT2D eigenvalue weighted by molar-refractivity contribution is -0.115. The van der Waals surface area contributed by atoms with Gasteiger partial charge in [-0.05, 0) is 0 Å². The lowest BCUT2D eigenvalue weighted by Crippen LogP contribution is -2.17. The quantitative estimate of drug-likeness (QED) is 0.604. The van der Waals surface area contributed by atoms with Crippen LogP contribution in [0.4, 0.5) is 0 Å². The van der Waals surface area contributed by atoms with Crippen molar-refractivity contribution in [3.05, 3.63) is 64.8 Å². The van der Waals surface area contributed by atoms with E-state index in [1.54, 1.807) is 24.3 Å². The highest BCUT2D eigenvalue weighted by molar-refractivity contribution is 6.35. The van der Waals surface area contributed by atoms with Gasteiger partial charge in [0.05, 0.1) is 12.7 Å². The Morgan fingerprint density at radius 2 is 1.90 bits per heavy atom. The molecule has 0 radical (unpaired) electrons. The summed E-state index contributed by atoms with van der Waals surface area (Å²) >= 11 is 0. The van der Waals surface area contributed by atoms with Gasteiger partial charge in [-0.3, -0.25) is 9.59 Å². The molecule has 2 aliphatic rings. The maximum atomic E-state index is 12.2. The average molecular weight is 270 g/mol. The Kier molecular flexibility index (Phi) is 2.68. The lowest BCUT2D eigenvalue weighted by atomic mass is 10.0. The van der Waals surface area contributed by atoms with E-state index < -0.39 is 5.78 Å². The SMILES string of the molecule is O=C1C/C(=C(O)\C=C\O)OC2=C1C(=O)c1ccccc12. The number of ketones is 2. The highest BCUT2D eigenvalue weighted by atomic mass is 16.5. The van der Waals surface area contributed by atoms with Crippen LogP contribution >= 0.6 is 0 Å². The Morgan fingerprint density at radius 3 is 2.60 bits per heavy atom. The van der Waals surface area contributed by atoms with Gasteiger partial charge >= 0.3 is 0 Å². The molecule has 1 aliphatic carbocycles. The van der Waals surface area contributed by atoms with Crippen LogP contribution in [0.5, 0.6) is 0 Å². The molecule has 0 saturated heterocycles. The van der Waals surface area contributed by atoms with Crippen molar-refractivity contribution in [2.45, 2.75) is 6.42 Å². The molecule has 0 fully saturated rings. The highest BCUT2D eigenvalue weighted by Crippen LogP contribution is 2.40. The van der Waals surface area contributed by atoms with Crippen molar-refractivity contribution in [2.24, 2.45) is 0 Å². The minimum Gasteiger partial charge on any atom is -0.515 e. The van der Waals surface area contributed by atoms with E-state index in [-0.39, 0.29) is 35.1 Å². The molecule has 5 nitrogen and oxygen atoms in total. The molecule has 0 atom stereocenters. The standard InChI is InChI=1S/C15H10O5/c16-6-5-10(17)12-7-11(18)13-14(19)8-3-1-2-4-9(8)15(13)20-12/h1-6,16-17H,7H2/b6-5+,12-10-. The van der Waals surface area contributed by atoms with Gasteiger partial charge in [-0.1, -0.05) is 24.3 Å². The van der Waals surface area contributed by atoms with Crippen molar-refractivity contribution in [1.29, 1.82) is 0 Å². The average Bonchev–Trinajstić information content (AvgIpc) is 2.74. The largest absolute Gasteiger partial charge is 0.515 e. The van der Waals surface area contributed by atoms with Crippen molar-refractivity contribution >= 4 is 17.3 Å². The number of aliphatic hydroxyl groups excluding tert-OH is 2. The first-order chi connectivity index (χ1) is 9.63.